The van der Waals surface area contributed by atoms with Gasteiger partial charge in [-0.1, -0.05) is 20.3 Å². The molecule has 0 spiro atoms. The number of aliphatic hydroxyl groups is 1. The van der Waals surface area contributed by atoms with Crippen molar-refractivity contribution in [2.75, 3.05) is 6.54 Å². The highest BCUT2D eigenvalue weighted by Gasteiger charge is 2.27. The summed E-state index contributed by atoms with van der Waals surface area (Å²) in [6.45, 7) is 9.98. The minimum Gasteiger partial charge on any atom is -0.388 e. The van der Waals surface area contributed by atoms with Crippen molar-refractivity contribution in [1.29, 1.82) is 0 Å². The molecule has 0 saturated heterocycles. The molecule has 5 nitrogen and oxygen atoms in total. The average Bonchev–Trinajstić information content (AvgIpc) is 2.72. The van der Waals surface area contributed by atoms with Crippen LogP contribution in [0.1, 0.15) is 50.6 Å². The Morgan fingerprint density at radius 1 is 1.50 bits per heavy atom. The van der Waals surface area contributed by atoms with Gasteiger partial charge in [-0.25, -0.2) is 0 Å². The molecule has 1 rings (SSSR count). The first-order chi connectivity index (χ1) is 9.27. The van der Waals surface area contributed by atoms with Crippen LogP contribution in [0.5, 0.6) is 0 Å². The van der Waals surface area contributed by atoms with Crippen molar-refractivity contribution in [3.05, 3.63) is 17.0 Å². The van der Waals surface area contributed by atoms with E-state index in [1.54, 1.807) is 6.92 Å². The fraction of sp³-hybridized carbons (Fsp3) is 0.733. The van der Waals surface area contributed by atoms with Gasteiger partial charge in [0.2, 0.25) is 5.91 Å². The maximum Gasteiger partial charge on any atom is 0.220 e. The van der Waals surface area contributed by atoms with Crippen LogP contribution < -0.4 is 5.32 Å². The van der Waals surface area contributed by atoms with Crippen LogP contribution in [-0.2, 0) is 11.2 Å². The molecule has 1 aromatic heterocycles. The van der Waals surface area contributed by atoms with Gasteiger partial charge in [-0.15, -0.1) is 0 Å². The Labute approximate surface area is 121 Å². The largest absolute Gasteiger partial charge is 0.388 e. The molecule has 1 heterocycles. The molecule has 2 unspecified atom stereocenters. The van der Waals surface area contributed by atoms with Gasteiger partial charge in [0.05, 0.1) is 11.3 Å². The number of carbonyl (C=O) groups excluding carboxylic acids is 1. The molecule has 0 aliphatic carbocycles. The lowest BCUT2D eigenvalue weighted by Crippen LogP contribution is -2.45. The van der Waals surface area contributed by atoms with E-state index in [2.05, 4.69) is 15.5 Å². The van der Waals surface area contributed by atoms with Gasteiger partial charge in [-0.05, 0) is 38.7 Å². The van der Waals surface area contributed by atoms with Gasteiger partial charge < -0.3 is 10.4 Å². The van der Waals surface area contributed by atoms with E-state index in [9.17, 15) is 9.90 Å². The highest BCUT2D eigenvalue weighted by atomic mass is 16.3. The van der Waals surface area contributed by atoms with E-state index in [0.717, 1.165) is 23.4 Å². The molecule has 20 heavy (non-hydrogen) atoms. The number of nitrogens with one attached hydrogen (secondary N) is 2. The number of hydrogen-bond acceptors (Lipinski definition) is 3. The second-order valence-electron chi connectivity index (χ2n) is 5.86. The second-order valence-corrected chi connectivity index (χ2v) is 5.86. The molecule has 2 atom stereocenters. The van der Waals surface area contributed by atoms with Crippen molar-refractivity contribution >= 4 is 5.91 Å². The van der Waals surface area contributed by atoms with Gasteiger partial charge in [-0.2, -0.15) is 5.10 Å². The van der Waals surface area contributed by atoms with E-state index >= 15 is 0 Å². The summed E-state index contributed by atoms with van der Waals surface area (Å²) in [5, 5.41) is 20.1. The van der Waals surface area contributed by atoms with Gasteiger partial charge in [0.1, 0.15) is 0 Å². The standard InChI is InChI=1S/C15H27N3O2/c1-6-10(2)15(5,20)9-16-14(19)8-7-13-11(3)17-18-12(13)4/h10,20H,6-9H2,1-5H3,(H,16,19)(H,17,18). The van der Waals surface area contributed by atoms with Crippen LogP contribution in [0, 0.1) is 19.8 Å². The highest BCUT2D eigenvalue weighted by molar-refractivity contribution is 5.76. The van der Waals surface area contributed by atoms with Crippen molar-refractivity contribution in [3.63, 3.8) is 0 Å². The summed E-state index contributed by atoms with van der Waals surface area (Å²) in [4.78, 5) is 11.9. The molecule has 0 aliphatic heterocycles. The molecule has 0 bridgehead atoms. The van der Waals surface area contributed by atoms with Crippen molar-refractivity contribution < 1.29 is 9.90 Å². The zero-order valence-electron chi connectivity index (χ0n) is 13.2. The summed E-state index contributed by atoms with van der Waals surface area (Å²) in [6, 6.07) is 0. The molecule has 3 N–H and O–H groups in total. The molecular weight excluding hydrogens is 254 g/mol. The summed E-state index contributed by atoms with van der Waals surface area (Å²) in [5.74, 6) is 0.120. The Bertz CT molecular complexity index is 432. The Morgan fingerprint density at radius 3 is 2.65 bits per heavy atom. The average molecular weight is 281 g/mol. The summed E-state index contributed by atoms with van der Waals surface area (Å²) in [6.07, 6.45) is 1.97. The first-order valence-electron chi connectivity index (χ1n) is 7.27. The molecule has 0 aliphatic rings. The van der Waals surface area contributed by atoms with E-state index in [4.69, 9.17) is 0 Å². The van der Waals surface area contributed by atoms with Crippen LogP contribution >= 0.6 is 0 Å². The van der Waals surface area contributed by atoms with Crippen LogP contribution in [0.2, 0.25) is 0 Å². The number of H-pyrrole nitrogens is 1. The summed E-state index contributed by atoms with van der Waals surface area (Å²) >= 11 is 0. The lowest BCUT2D eigenvalue weighted by Gasteiger charge is -2.29. The zero-order chi connectivity index (χ0) is 15.3. The third-order valence-electron chi connectivity index (χ3n) is 4.20. The van der Waals surface area contributed by atoms with Gasteiger partial charge >= 0.3 is 0 Å². The predicted octanol–water partition coefficient (Wildman–Crippen LogP) is 1.87. The molecule has 1 amide bonds. The fourth-order valence-electron chi connectivity index (χ4n) is 2.16. The van der Waals surface area contributed by atoms with E-state index < -0.39 is 5.60 Å². The summed E-state index contributed by atoms with van der Waals surface area (Å²) in [7, 11) is 0. The number of carbonyl (C=O) groups is 1. The van der Waals surface area contributed by atoms with E-state index in [1.165, 1.54) is 0 Å². The van der Waals surface area contributed by atoms with E-state index in [1.807, 2.05) is 27.7 Å². The van der Waals surface area contributed by atoms with Gasteiger partial charge in [0.15, 0.2) is 0 Å². The lowest BCUT2D eigenvalue weighted by atomic mass is 9.88. The second kappa shape index (κ2) is 6.88. The zero-order valence-corrected chi connectivity index (χ0v) is 13.2. The fourth-order valence-corrected chi connectivity index (χ4v) is 2.16. The molecule has 0 saturated carbocycles. The molecule has 5 heteroatoms. The van der Waals surface area contributed by atoms with Crippen LogP contribution in [0.3, 0.4) is 0 Å². The maximum absolute atomic E-state index is 11.9. The Balaban J connectivity index is 2.42. The molecule has 0 radical (unpaired) electrons. The maximum atomic E-state index is 11.9. The van der Waals surface area contributed by atoms with Gasteiger partial charge in [0.25, 0.3) is 0 Å². The minimum absolute atomic E-state index is 0.0337. The Kier molecular flexibility index (Phi) is 5.74. The molecular formula is C15H27N3O2. The van der Waals surface area contributed by atoms with Crippen molar-refractivity contribution in [1.82, 2.24) is 15.5 Å². The van der Waals surface area contributed by atoms with Gasteiger partial charge in [-0.3, -0.25) is 9.89 Å². The minimum atomic E-state index is -0.855. The number of aromatic amines is 1. The molecule has 114 valence electrons. The molecule has 1 aromatic rings. The topological polar surface area (TPSA) is 78.0 Å². The van der Waals surface area contributed by atoms with E-state index in [-0.39, 0.29) is 11.8 Å². The lowest BCUT2D eigenvalue weighted by molar-refractivity contribution is -0.122. The quantitative estimate of drug-likeness (QED) is 0.714. The number of rotatable bonds is 7. The third kappa shape index (κ3) is 4.34. The Morgan fingerprint density at radius 2 is 2.15 bits per heavy atom. The molecule has 0 aromatic carbocycles. The van der Waals surface area contributed by atoms with Crippen molar-refractivity contribution in [3.8, 4) is 0 Å². The number of amides is 1. The summed E-state index contributed by atoms with van der Waals surface area (Å²) < 4.78 is 0. The normalized spacial score (nSPS) is 15.7. The van der Waals surface area contributed by atoms with Crippen LogP contribution in [0.4, 0.5) is 0 Å². The monoisotopic (exact) mass is 281 g/mol. The van der Waals surface area contributed by atoms with Crippen LogP contribution in [0.15, 0.2) is 0 Å². The highest BCUT2D eigenvalue weighted by Crippen LogP contribution is 2.19. The van der Waals surface area contributed by atoms with Gasteiger partial charge in [0, 0.05) is 18.7 Å². The number of aromatic nitrogens is 2. The van der Waals surface area contributed by atoms with Crippen LogP contribution in [-0.4, -0.2) is 33.4 Å². The van der Waals surface area contributed by atoms with Crippen LogP contribution in [0.25, 0.3) is 0 Å². The van der Waals surface area contributed by atoms with E-state index in [0.29, 0.717) is 19.4 Å². The number of hydrogen-bond donors (Lipinski definition) is 3. The first kappa shape index (κ1) is 16.7. The molecule has 0 fully saturated rings. The Hall–Kier alpha value is -1.36. The smallest absolute Gasteiger partial charge is 0.220 e. The number of aryl methyl sites for hydroxylation is 2. The third-order valence-corrected chi connectivity index (χ3v) is 4.20. The van der Waals surface area contributed by atoms with Crippen molar-refractivity contribution in [2.24, 2.45) is 5.92 Å². The predicted molar refractivity (Wildman–Crippen MR) is 79.5 cm³/mol. The summed E-state index contributed by atoms with van der Waals surface area (Å²) in [5.41, 5.74) is 2.21. The SMILES string of the molecule is CCC(C)C(C)(O)CNC(=O)CCc1c(C)n[nH]c1C. The van der Waals surface area contributed by atoms with Crippen molar-refractivity contribution in [2.45, 2.75) is 59.5 Å². The first-order valence-corrected chi connectivity index (χ1v) is 7.27. The number of nitrogens with zero attached hydrogens (tertiary/aromatic N) is 1.